The van der Waals surface area contributed by atoms with Gasteiger partial charge in [0.2, 0.25) is 0 Å². The van der Waals surface area contributed by atoms with Gasteiger partial charge in [-0.25, -0.2) is 9.98 Å². The molecular weight excluding hydrogens is 404 g/mol. The van der Waals surface area contributed by atoms with Gasteiger partial charge in [-0.15, -0.1) is 8.78 Å². The van der Waals surface area contributed by atoms with Crippen LogP contribution in [0.5, 0.6) is 11.5 Å². The zero-order chi connectivity index (χ0) is 21.8. The summed E-state index contributed by atoms with van der Waals surface area (Å²) in [6, 6.07) is 3.00. The molecule has 3 heterocycles. The Morgan fingerprint density at radius 3 is 2.58 bits per heavy atom. The van der Waals surface area contributed by atoms with E-state index in [1.165, 1.54) is 24.1 Å². The Kier molecular flexibility index (Phi) is 4.49. The quantitative estimate of drug-likeness (QED) is 0.577. The molecular formula is C22H21F2N5O2. The summed E-state index contributed by atoms with van der Waals surface area (Å²) in [6.07, 6.45) is 3.84. The number of aryl methyl sites for hydroxylation is 3. The van der Waals surface area contributed by atoms with E-state index in [2.05, 4.69) is 29.5 Å². The van der Waals surface area contributed by atoms with Crippen molar-refractivity contribution in [2.24, 2.45) is 12.0 Å². The van der Waals surface area contributed by atoms with Crippen molar-refractivity contribution in [2.75, 3.05) is 0 Å². The van der Waals surface area contributed by atoms with E-state index in [1.807, 2.05) is 18.7 Å². The van der Waals surface area contributed by atoms with Gasteiger partial charge < -0.3 is 9.47 Å². The van der Waals surface area contributed by atoms with Crippen molar-refractivity contribution < 1.29 is 18.3 Å². The first kappa shape index (κ1) is 19.6. The lowest BCUT2D eigenvalue weighted by Gasteiger charge is -2.11. The van der Waals surface area contributed by atoms with Crippen LogP contribution in [0, 0.1) is 6.92 Å². The molecule has 2 aliphatic rings. The lowest BCUT2D eigenvalue weighted by atomic mass is 9.95. The maximum Gasteiger partial charge on any atom is 0.586 e. The van der Waals surface area contributed by atoms with Gasteiger partial charge >= 0.3 is 6.29 Å². The molecule has 31 heavy (non-hydrogen) atoms. The molecule has 0 atom stereocenters. The largest absolute Gasteiger partial charge is 0.586 e. The summed E-state index contributed by atoms with van der Waals surface area (Å²) < 4.78 is 37.6. The van der Waals surface area contributed by atoms with Crippen molar-refractivity contribution in [3.8, 4) is 22.8 Å². The number of fused-ring (bicyclic) bond motifs is 2. The molecule has 1 aromatic carbocycles. The van der Waals surface area contributed by atoms with Gasteiger partial charge in [-0.3, -0.25) is 9.67 Å². The van der Waals surface area contributed by atoms with E-state index >= 15 is 0 Å². The normalized spacial score (nSPS) is 17.0. The topological polar surface area (TPSA) is 74.4 Å². The number of hydrogen-bond donors (Lipinski definition) is 0. The van der Waals surface area contributed by atoms with Crippen LogP contribution >= 0.6 is 0 Å². The molecule has 5 rings (SSSR count). The van der Waals surface area contributed by atoms with Crippen molar-refractivity contribution >= 4 is 11.5 Å². The molecule has 0 saturated carbocycles. The monoisotopic (exact) mass is 425 g/mol. The number of aromatic nitrogens is 4. The Bertz CT molecular complexity index is 1200. The molecule has 1 aliphatic carbocycles. The van der Waals surface area contributed by atoms with Crippen molar-refractivity contribution in [2.45, 2.75) is 45.8 Å². The zero-order valence-corrected chi connectivity index (χ0v) is 17.4. The molecule has 160 valence electrons. The number of rotatable bonds is 3. The number of halogens is 2. The zero-order valence-electron chi connectivity index (χ0n) is 17.4. The number of nitrogens with zero attached hydrogens (tertiary/aromatic N) is 5. The summed E-state index contributed by atoms with van der Waals surface area (Å²) in [5.74, 6) is 0.457. The van der Waals surface area contributed by atoms with Crippen LogP contribution in [0.1, 0.15) is 42.3 Å². The first-order chi connectivity index (χ1) is 14.8. The molecule has 0 unspecified atom stereocenters. The van der Waals surface area contributed by atoms with E-state index in [9.17, 15) is 8.78 Å². The molecule has 3 aromatic rings. The highest BCUT2D eigenvalue weighted by Crippen LogP contribution is 2.44. The number of hydrogen-bond acceptors (Lipinski definition) is 6. The molecule has 2 aromatic heterocycles. The Hall–Kier alpha value is -3.36. The summed E-state index contributed by atoms with van der Waals surface area (Å²) >= 11 is 0. The second-order valence-electron chi connectivity index (χ2n) is 7.84. The highest BCUT2D eigenvalue weighted by Gasteiger charge is 2.43. The fourth-order valence-corrected chi connectivity index (χ4v) is 4.25. The molecule has 9 heteroatoms. The van der Waals surface area contributed by atoms with Gasteiger partial charge in [0.15, 0.2) is 17.3 Å². The predicted molar refractivity (Wildman–Crippen MR) is 110 cm³/mol. The van der Waals surface area contributed by atoms with E-state index in [0.717, 1.165) is 41.9 Å². The van der Waals surface area contributed by atoms with Crippen molar-refractivity contribution in [1.29, 1.82) is 0 Å². The van der Waals surface area contributed by atoms with Gasteiger partial charge in [-0.2, -0.15) is 5.10 Å². The fourth-order valence-electron chi connectivity index (χ4n) is 4.25. The third kappa shape index (κ3) is 3.54. The Morgan fingerprint density at radius 1 is 1.10 bits per heavy atom. The van der Waals surface area contributed by atoms with E-state index in [4.69, 9.17) is 0 Å². The summed E-state index contributed by atoms with van der Waals surface area (Å²) in [7, 11) is 1.94. The van der Waals surface area contributed by atoms with Crippen LogP contribution < -0.4 is 9.47 Å². The first-order valence-corrected chi connectivity index (χ1v) is 10.1. The highest BCUT2D eigenvalue weighted by atomic mass is 19.3. The lowest BCUT2D eigenvalue weighted by Crippen LogP contribution is -2.25. The molecule has 0 bridgehead atoms. The summed E-state index contributed by atoms with van der Waals surface area (Å²) in [5, 5.41) is 4.64. The molecule has 0 radical (unpaired) electrons. The summed E-state index contributed by atoms with van der Waals surface area (Å²) in [6.45, 7) is 3.74. The van der Waals surface area contributed by atoms with E-state index in [1.54, 1.807) is 19.3 Å². The Morgan fingerprint density at radius 2 is 1.84 bits per heavy atom. The summed E-state index contributed by atoms with van der Waals surface area (Å²) in [4.78, 5) is 13.5. The highest BCUT2D eigenvalue weighted by molar-refractivity contribution is 6.00. The third-order valence-corrected chi connectivity index (χ3v) is 5.61. The van der Waals surface area contributed by atoms with Gasteiger partial charge in [0.05, 0.1) is 35.2 Å². The maximum atomic E-state index is 13.3. The summed E-state index contributed by atoms with van der Waals surface area (Å²) in [5.41, 5.74) is 6.20. The minimum absolute atomic E-state index is 0.00978. The first-order valence-electron chi connectivity index (χ1n) is 10.1. The molecule has 0 N–H and O–H groups in total. The van der Waals surface area contributed by atoms with Crippen LogP contribution in [-0.4, -0.2) is 31.8 Å². The van der Waals surface area contributed by atoms with E-state index in [-0.39, 0.29) is 11.5 Å². The smallest absolute Gasteiger partial charge is 0.395 e. The van der Waals surface area contributed by atoms with E-state index in [0.29, 0.717) is 17.1 Å². The molecule has 7 nitrogen and oxygen atoms in total. The lowest BCUT2D eigenvalue weighted by molar-refractivity contribution is -0.286. The molecule has 0 saturated heterocycles. The van der Waals surface area contributed by atoms with Crippen LogP contribution in [-0.2, 0) is 19.9 Å². The van der Waals surface area contributed by atoms with Crippen molar-refractivity contribution in [3.63, 3.8) is 0 Å². The van der Waals surface area contributed by atoms with Crippen LogP contribution in [0.15, 0.2) is 29.5 Å². The Labute approximate surface area is 177 Å². The van der Waals surface area contributed by atoms with Crippen LogP contribution in [0.3, 0.4) is 0 Å². The Balaban J connectivity index is 1.44. The SMILES string of the molecule is CC(=Nc1cnc(-c2cc3c(cc2C)OC(F)(F)O3)cn1)c1c2c(nn1C)CCCC2. The second kappa shape index (κ2) is 7.11. The molecule has 0 amide bonds. The van der Waals surface area contributed by atoms with Gasteiger partial charge in [-0.1, -0.05) is 0 Å². The minimum Gasteiger partial charge on any atom is -0.395 e. The molecule has 0 fully saturated rings. The van der Waals surface area contributed by atoms with Crippen LogP contribution in [0.2, 0.25) is 0 Å². The van der Waals surface area contributed by atoms with Crippen molar-refractivity contribution in [3.05, 3.63) is 47.0 Å². The average molecular weight is 425 g/mol. The van der Waals surface area contributed by atoms with E-state index < -0.39 is 6.29 Å². The number of aliphatic imine (C=N–C) groups is 1. The second-order valence-corrected chi connectivity index (χ2v) is 7.84. The van der Waals surface area contributed by atoms with Gasteiger partial charge in [0, 0.05) is 18.2 Å². The van der Waals surface area contributed by atoms with Gasteiger partial charge in [0.25, 0.3) is 0 Å². The average Bonchev–Trinajstić information content (AvgIpc) is 3.21. The third-order valence-electron chi connectivity index (χ3n) is 5.61. The number of alkyl halides is 2. The van der Waals surface area contributed by atoms with Crippen molar-refractivity contribution in [1.82, 2.24) is 19.7 Å². The number of ether oxygens (including phenoxy) is 2. The van der Waals surface area contributed by atoms with Gasteiger partial charge in [0.1, 0.15) is 0 Å². The fraction of sp³-hybridized carbons (Fsp3) is 0.364. The molecule has 1 aliphatic heterocycles. The number of benzene rings is 1. The predicted octanol–water partition coefficient (Wildman–Crippen LogP) is 4.53. The standard InChI is InChI=1S/C22H21F2N5O2/c1-12-8-18-19(31-22(23,24)30-18)9-15(12)17-10-26-20(11-25-17)27-13(2)21-14-6-4-5-7-16(14)28-29(21)3/h8-11H,4-7H2,1-3H3. The molecule has 0 spiro atoms. The van der Waals surface area contributed by atoms with Crippen LogP contribution in [0.25, 0.3) is 11.3 Å². The maximum absolute atomic E-state index is 13.3. The van der Waals surface area contributed by atoms with Gasteiger partial charge in [-0.05, 0) is 57.2 Å². The minimum atomic E-state index is -3.65. The van der Waals surface area contributed by atoms with Crippen LogP contribution in [0.4, 0.5) is 14.6 Å².